The minimum absolute atomic E-state index is 0.210. The van der Waals surface area contributed by atoms with Crippen LogP contribution in [0.15, 0.2) is 42.5 Å². The predicted octanol–water partition coefficient (Wildman–Crippen LogP) is 3.17. The zero-order chi connectivity index (χ0) is 16.8. The SMILES string of the molecule is C[C@@]1(c2cccc3ccccc23)NC(=O)N(CC(F)(F)F)C1=O. The van der Waals surface area contributed by atoms with Crippen LogP contribution in [0.5, 0.6) is 0 Å². The minimum atomic E-state index is -4.64. The van der Waals surface area contributed by atoms with Crippen LogP contribution in [0.3, 0.4) is 0 Å². The summed E-state index contributed by atoms with van der Waals surface area (Å²) in [5.41, 5.74) is -1.05. The number of carbonyl (C=O) groups excluding carboxylic acids is 2. The number of imide groups is 1. The Morgan fingerprint density at radius 2 is 1.74 bits per heavy atom. The molecule has 2 aromatic rings. The van der Waals surface area contributed by atoms with Gasteiger partial charge >= 0.3 is 12.2 Å². The van der Waals surface area contributed by atoms with Crippen molar-refractivity contribution in [1.29, 1.82) is 0 Å². The van der Waals surface area contributed by atoms with Crippen molar-refractivity contribution in [2.45, 2.75) is 18.6 Å². The molecule has 0 unspecified atom stereocenters. The average molecular weight is 322 g/mol. The van der Waals surface area contributed by atoms with Crippen molar-refractivity contribution >= 4 is 22.7 Å². The van der Waals surface area contributed by atoms with E-state index in [4.69, 9.17) is 0 Å². The molecule has 0 spiro atoms. The highest BCUT2D eigenvalue weighted by atomic mass is 19.4. The zero-order valence-corrected chi connectivity index (χ0v) is 12.1. The third-order valence-corrected chi connectivity index (χ3v) is 3.94. The lowest BCUT2D eigenvalue weighted by Crippen LogP contribution is -2.42. The number of alkyl halides is 3. The van der Waals surface area contributed by atoms with Crippen LogP contribution >= 0.6 is 0 Å². The summed E-state index contributed by atoms with van der Waals surface area (Å²) in [6, 6.07) is 11.3. The molecule has 1 saturated heterocycles. The highest BCUT2D eigenvalue weighted by Crippen LogP contribution is 2.34. The second kappa shape index (κ2) is 4.97. The number of urea groups is 1. The predicted molar refractivity (Wildman–Crippen MR) is 77.6 cm³/mol. The molecule has 120 valence electrons. The molecule has 3 rings (SSSR count). The Kier molecular flexibility index (Phi) is 3.31. The number of hydrogen-bond acceptors (Lipinski definition) is 2. The molecule has 0 aliphatic carbocycles. The van der Waals surface area contributed by atoms with Gasteiger partial charge < -0.3 is 5.32 Å². The molecule has 1 heterocycles. The molecular formula is C16H13F3N2O2. The van der Waals surface area contributed by atoms with Crippen LogP contribution in [-0.4, -0.2) is 29.6 Å². The van der Waals surface area contributed by atoms with E-state index < -0.39 is 30.2 Å². The fraction of sp³-hybridized carbons (Fsp3) is 0.250. The minimum Gasteiger partial charge on any atom is -0.319 e. The van der Waals surface area contributed by atoms with Gasteiger partial charge in [-0.15, -0.1) is 0 Å². The van der Waals surface area contributed by atoms with E-state index in [2.05, 4.69) is 5.32 Å². The zero-order valence-electron chi connectivity index (χ0n) is 12.1. The fourth-order valence-electron chi connectivity index (χ4n) is 2.86. The third kappa shape index (κ3) is 2.52. The molecule has 7 heteroatoms. The van der Waals surface area contributed by atoms with Crippen LogP contribution in [-0.2, 0) is 10.3 Å². The molecule has 1 fully saturated rings. The lowest BCUT2D eigenvalue weighted by atomic mass is 9.88. The van der Waals surface area contributed by atoms with Crippen molar-refractivity contribution in [3.63, 3.8) is 0 Å². The maximum Gasteiger partial charge on any atom is 0.406 e. The van der Waals surface area contributed by atoms with Crippen LogP contribution in [0.25, 0.3) is 10.8 Å². The Hall–Kier alpha value is -2.57. The van der Waals surface area contributed by atoms with Gasteiger partial charge in [0.05, 0.1) is 0 Å². The highest BCUT2D eigenvalue weighted by molar-refractivity contribution is 6.09. The number of fused-ring (bicyclic) bond motifs is 1. The second-order valence-corrected chi connectivity index (χ2v) is 5.59. The monoisotopic (exact) mass is 322 g/mol. The van der Waals surface area contributed by atoms with Crippen molar-refractivity contribution in [3.8, 4) is 0 Å². The highest BCUT2D eigenvalue weighted by Gasteiger charge is 2.52. The first kappa shape index (κ1) is 15.3. The molecule has 1 N–H and O–H groups in total. The Morgan fingerprint density at radius 1 is 1.09 bits per heavy atom. The number of nitrogens with one attached hydrogen (secondary N) is 1. The van der Waals surface area contributed by atoms with Crippen LogP contribution < -0.4 is 5.32 Å². The van der Waals surface area contributed by atoms with Gasteiger partial charge in [0.25, 0.3) is 5.91 Å². The van der Waals surface area contributed by atoms with E-state index in [9.17, 15) is 22.8 Å². The van der Waals surface area contributed by atoms with Crippen LogP contribution in [0.4, 0.5) is 18.0 Å². The molecule has 1 aliphatic rings. The van der Waals surface area contributed by atoms with Crippen LogP contribution in [0.2, 0.25) is 0 Å². The molecule has 0 saturated carbocycles. The topological polar surface area (TPSA) is 49.4 Å². The molecule has 1 aliphatic heterocycles. The van der Waals surface area contributed by atoms with Crippen molar-refractivity contribution < 1.29 is 22.8 Å². The lowest BCUT2D eigenvalue weighted by Gasteiger charge is -2.24. The standard InChI is InChI=1S/C16H13F3N2O2/c1-15(12-8-4-6-10-5-2-3-7-11(10)12)13(22)21(14(23)20-15)9-16(17,18)19/h2-8H,9H2,1H3,(H,20,23)/t15-/m0/s1. The number of rotatable bonds is 2. The number of halogens is 3. The molecule has 0 bridgehead atoms. The Bertz CT molecular complexity index is 798. The maximum atomic E-state index is 12.6. The van der Waals surface area contributed by atoms with Crippen molar-refractivity contribution in [3.05, 3.63) is 48.0 Å². The Labute approximate surface area is 129 Å². The van der Waals surface area contributed by atoms with Gasteiger partial charge in [-0.1, -0.05) is 42.5 Å². The Morgan fingerprint density at radius 3 is 2.43 bits per heavy atom. The van der Waals surface area contributed by atoms with Crippen LogP contribution in [0, 0.1) is 0 Å². The van der Waals surface area contributed by atoms with E-state index in [0.717, 1.165) is 5.39 Å². The van der Waals surface area contributed by atoms with Gasteiger partial charge in [0, 0.05) is 0 Å². The second-order valence-electron chi connectivity index (χ2n) is 5.59. The summed E-state index contributed by atoms with van der Waals surface area (Å²) >= 11 is 0. The van der Waals surface area contributed by atoms with Crippen LogP contribution in [0.1, 0.15) is 12.5 Å². The van der Waals surface area contributed by atoms with Gasteiger partial charge in [0.2, 0.25) is 0 Å². The molecular weight excluding hydrogens is 309 g/mol. The van der Waals surface area contributed by atoms with Crippen molar-refractivity contribution in [2.75, 3.05) is 6.54 Å². The molecule has 2 aromatic carbocycles. The summed E-state index contributed by atoms with van der Waals surface area (Å²) < 4.78 is 37.8. The Balaban J connectivity index is 2.08. The fourth-order valence-corrected chi connectivity index (χ4v) is 2.86. The van der Waals surface area contributed by atoms with Gasteiger partial charge in [-0.3, -0.25) is 9.69 Å². The van der Waals surface area contributed by atoms with Gasteiger partial charge in [0.15, 0.2) is 0 Å². The van der Waals surface area contributed by atoms with E-state index in [-0.39, 0.29) is 4.90 Å². The quantitative estimate of drug-likeness (QED) is 0.864. The number of nitrogens with zero attached hydrogens (tertiary/aromatic N) is 1. The van der Waals surface area contributed by atoms with Gasteiger partial charge in [-0.2, -0.15) is 13.2 Å². The third-order valence-electron chi connectivity index (χ3n) is 3.94. The summed E-state index contributed by atoms with van der Waals surface area (Å²) in [7, 11) is 0. The maximum absolute atomic E-state index is 12.6. The molecule has 3 amide bonds. The number of hydrogen-bond donors (Lipinski definition) is 1. The summed E-state index contributed by atoms with van der Waals surface area (Å²) in [5.74, 6) is -0.906. The summed E-state index contributed by atoms with van der Waals surface area (Å²) in [6.45, 7) is -0.177. The van der Waals surface area contributed by atoms with E-state index in [0.29, 0.717) is 10.9 Å². The molecule has 0 radical (unpaired) electrons. The number of benzene rings is 2. The van der Waals surface area contributed by atoms with Gasteiger partial charge in [-0.25, -0.2) is 4.79 Å². The number of carbonyl (C=O) groups is 2. The van der Waals surface area contributed by atoms with E-state index >= 15 is 0 Å². The van der Waals surface area contributed by atoms with Gasteiger partial charge in [-0.05, 0) is 23.3 Å². The molecule has 4 nitrogen and oxygen atoms in total. The van der Waals surface area contributed by atoms with Gasteiger partial charge in [0.1, 0.15) is 12.1 Å². The first-order valence-corrected chi connectivity index (χ1v) is 6.91. The first-order valence-electron chi connectivity index (χ1n) is 6.91. The largest absolute Gasteiger partial charge is 0.406 e. The molecule has 1 atom stereocenters. The normalized spacial score (nSPS) is 21.8. The smallest absolute Gasteiger partial charge is 0.319 e. The lowest BCUT2D eigenvalue weighted by molar-refractivity contribution is -0.154. The molecule has 0 aromatic heterocycles. The summed E-state index contributed by atoms with van der Waals surface area (Å²) in [4.78, 5) is 24.6. The number of amides is 3. The van der Waals surface area contributed by atoms with E-state index in [1.165, 1.54) is 6.92 Å². The first-order chi connectivity index (χ1) is 10.7. The average Bonchev–Trinajstić information content (AvgIpc) is 2.70. The van der Waals surface area contributed by atoms with E-state index in [1.54, 1.807) is 24.3 Å². The van der Waals surface area contributed by atoms with Crippen molar-refractivity contribution in [1.82, 2.24) is 10.2 Å². The summed E-state index contributed by atoms with van der Waals surface area (Å²) in [6.07, 6.45) is -4.64. The van der Waals surface area contributed by atoms with Crippen molar-refractivity contribution in [2.24, 2.45) is 0 Å². The summed E-state index contributed by atoms with van der Waals surface area (Å²) in [5, 5.41) is 3.94. The van der Waals surface area contributed by atoms with E-state index in [1.807, 2.05) is 18.2 Å². The molecule has 23 heavy (non-hydrogen) atoms.